The highest BCUT2D eigenvalue weighted by molar-refractivity contribution is 5.92. The minimum atomic E-state index is -0.0316. The SMILES string of the molecule is Cc1cc(Nc2ccc(NC(=O)C(C)C)cc2)no1. The summed E-state index contributed by atoms with van der Waals surface area (Å²) in [6, 6.07) is 9.25. The number of amides is 1. The Labute approximate surface area is 112 Å². The summed E-state index contributed by atoms with van der Waals surface area (Å²) in [5.41, 5.74) is 1.66. The molecule has 0 atom stereocenters. The number of nitrogens with one attached hydrogen (secondary N) is 2. The van der Waals surface area contributed by atoms with Gasteiger partial charge in [0.15, 0.2) is 5.82 Å². The Bertz CT molecular complexity index is 558. The summed E-state index contributed by atoms with van der Waals surface area (Å²) in [5.74, 6) is 1.39. The van der Waals surface area contributed by atoms with Gasteiger partial charge in [0, 0.05) is 23.4 Å². The number of carbonyl (C=O) groups is 1. The van der Waals surface area contributed by atoms with E-state index >= 15 is 0 Å². The lowest BCUT2D eigenvalue weighted by atomic mass is 10.2. The van der Waals surface area contributed by atoms with Gasteiger partial charge in [-0.15, -0.1) is 0 Å². The van der Waals surface area contributed by atoms with E-state index in [0.29, 0.717) is 5.82 Å². The zero-order chi connectivity index (χ0) is 13.8. The smallest absolute Gasteiger partial charge is 0.226 e. The topological polar surface area (TPSA) is 67.2 Å². The molecule has 0 fully saturated rings. The molecule has 0 bridgehead atoms. The Morgan fingerprint density at radius 1 is 1.21 bits per heavy atom. The second-order valence-electron chi connectivity index (χ2n) is 4.67. The summed E-state index contributed by atoms with van der Waals surface area (Å²) >= 11 is 0. The molecule has 2 aromatic rings. The molecule has 0 aliphatic heterocycles. The van der Waals surface area contributed by atoms with Crippen molar-refractivity contribution in [3.8, 4) is 0 Å². The molecule has 0 spiro atoms. The van der Waals surface area contributed by atoms with Crippen LogP contribution in [0.3, 0.4) is 0 Å². The number of benzene rings is 1. The molecule has 5 heteroatoms. The van der Waals surface area contributed by atoms with Crippen molar-refractivity contribution in [2.24, 2.45) is 5.92 Å². The van der Waals surface area contributed by atoms with Gasteiger partial charge in [0.1, 0.15) is 5.76 Å². The van der Waals surface area contributed by atoms with Gasteiger partial charge in [0.05, 0.1) is 0 Å². The molecule has 0 unspecified atom stereocenters. The van der Waals surface area contributed by atoms with Crippen molar-refractivity contribution in [2.45, 2.75) is 20.8 Å². The van der Waals surface area contributed by atoms with E-state index in [1.807, 2.05) is 51.1 Å². The first-order valence-electron chi connectivity index (χ1n) is 6.16. The molecule has 2 rings (SSSR count). The summed E-state index contributed by atoms with van der Waals surface area (Å²) in [6.07, 6.45) is 0. The van der Waals surface area contributed by atoms with Crippen molar-refractivity contribution in [2.75, 3.05) is 10.6 Å². The van der Waals surface area contributed by atoms with Crippen LogP contribution in [0.15, 0.2) is 34.9 Å². The zero-order valence-electron chi connectivity index (χ0n) is 11.2. The van der Waals surface area contributed by atoms with Crippen LogP contribution >= 0.6 is 0 Å². The predicted molar refractivity (Wildman–Crippen MR) is 74.4 cm³/mol. The maximum atomic E-state index is 11.5. The maximum absolute atomic E-state index is 11.5. The molecule has 1 aromatic heterocycles. The number of hydrogen-bond donors (Lipinski definition) is 2. The lowest BCUT2D eigenvalue weighted by molar-refractivity contribution is -0.118. The van der Waals surface area contributed by atoms with Crippen molar-refractivity contribution in [3.63, 3.8) is 0 Å². The van der Waals surface area contributed by atoms with Crippen molar-refractivity contribution in [1.29, 1.82) is 0 Å². The number of aryl methyl sites for hydroxylation is 1. The van der Waals surface area contributed by atoms with Gasteiger partial charge < -0.3 is 15.2 Å². The molecule has 1 amide bonds. The van der Waals surface area contributed by atoms with E-state index in [1.54, 1.807) is 0 Å². The van der Waals surface area contributed by atoms with Gasteiger partial charge in [-0.25, -0.2) is 0 Å². The van der Waals surface area contributed by atoms with Crippen LogP contribution in [0.4, 0.5) is 17.2 Å². The molecule has 100 valence electrons. The monoisotopic (exact) mass is 259 g/mol. The first-order chi connectivity index (χ1) is 9.04. The van der Waals surface area contributed by atoms with Crippen LogP contribution in [0.2, 0.25) is 0 Å². The first kappa shape index (κ1) is 13.1. The number of carbonyl (C=O) groups excluding carboxylic acids is 1. The fourth-order valence-corrected chi connectivity index (χ4v) is 1.50. The molecule has 0 radical (unpaired) electrons. The fourth-order valence-electron chi connectivity index (χ4n) is 1.50. The first-order valence-corrected chi connectivity index (χ1v) is 6.16. The second kappa shape index (κ2) is 5.56. The summed E-state index contributed by atoms with van der Waals surface area (Å²) in [7, 11) is 0. The Morgan fingerprint density at radius 2 is 1.84 bits per heavy atom. The standard InChI is InChI=1S/C14H17N3O2/c1-9(2)14(18)16-12-6-4-11(5-7-12)15-13-8-10(3)19-17-13/h4-9H,1-3H3,(H,15,17)(H,16,18). The highest BCUT2D eigenvalue weighted by atomic mass is 16.5. The van der Waals surface area contributed by atoms with Gasteiger partial charge in [-0.1, -0.05) is 19.0 Å². The van der Waals surface area contributed by atoms with Crippen LogP contribution in [-0.4, -0.2) is 11.1 Å². The number of aromatic nitrogens is 1. The van der Waals surface area contributed by atoms with Gasteiger partial charge in [-0.05, 0) is 31.2 Å². The molecule has 1 aromatic carbocycles. The van der Waals surface area contributed by atoms with Gasteiger partial charge in [0.25, 0.3) is 0 Å². The largest absolute Gasteiger partial charge is 0.360 e. The van der Waals surface area contributed by atoms with Gasteiger partial charge in [0.2, 0.25) is 5.91 Å². The highest BCUT2D eigenvalue weighted by Crippen LogP contribution is 2.19. The molecular formula is C14H17N3O2. The average molecular weight is 259 g/mol. The van der Waals surface area contributed by atoms with Crippen molar-refractivity contribution < 1.29 is 9.32 Å². The van der Waals surface area contributed by atoms with E-state index in [1.165, 1.54) is 0 Å². The zero-order valence-corrected chi connectivity index (χ0v) is 11.2. The molecule has 2 N–H and O–H groups in total. The van der Waals surface area contributed by atoms with Gasteiger partial charge in [-0.3, -0.25) is 4.79 Å². The highest BCUT2D eigenvalue weighted by Gasteiger charge is 2.07. The van der Waals surface area contributed by atoms with Crippen LogP contribution in [0, 0.1) is 12.8 Å². The van der Waals surface area contributed by atoms with Crippen LogP contribution < -0.4 is 10.6 Å². The predicted octanol–water partition coefficient (Wildman–Crippen LogP) is 3.32. The van der Waals surface area contributed by atoms with E-state index < -0.39 is 0 Å². The molecule has 5 nitrogen and oxygen atoms in total. The number of nitrogens with zero attached hydrogens (tertiary/aromatic N) is 1. The lowest BCUT2D eigenvalue weighted by Gasteiger charge is -2.08. The second-order valence-corrected chi connectivity index (χ2v) is 4.67. The number of rotatable bonds is 4. The van der Waals surface area contributed by atoms with E-state index in [-0.39, 0.29) is 11.8 Å². The van der Waals surface area contributed by atoms with Crippen molar-refractivity contribution >= 4 is 23.1 Å². The molecule has 0 saturated heterocycles. The molecule has 0 saturated carbocycles. The van der Waals surface area contributed by atoms with Crippen LogP contribution in [0.1, 0.15) is 19.6 Å². The lowest BCUT2D eigenvalue weighted by Crippen LogP contribution is -2.17. The molecule has 19 heavy (non-hydrogen) atoms. The van der Waals surface area contributed by atoms with Crippen LogP contribution in [-0.2, 0) is 4.79 Å². The van der Waals surface area contributed by atoms with E-state index in [0.717, 1.165) is 17.1 Å². The van der Waals surface area contributed by atoms with E-state index in [4.69, 9.17) is 4.52 Å². The minimum absolute atomic E-state index is 0.00725. The Kier molecular flexibility index (Phi) is 3.85. The molecule has 1 heterocycles. The van der Waals surface area contributed by atoms with Gasteiger partial charge in [-0.2, -0.15) is 0 Å². The Morgan fingerprint density at radius 3 is 2.37 bits per heavy atom. The normalized spacial score (nSPS) is 10.5. The fraction of sp³-hybridized carbons (Fsp3) is 0.286. The van der Waals surface area contributed by atoms with Crippen LogP contribution in [0.25, 0.3) is 0 Å². The maximum Gasteiger partial charge on any atom is 0.226 e. The van der Waals surface area contributed by atoms with E-state index in [9.17, 15) is 4.79 Å². The van der Waals surface area contributed by atoms with Gasteiger partial charge >= 0.3 is 0 Å². The van der Waals surface area contributed by atoms with Crippen LogP contribution in [0.5, 0.6) is 0 Å². The summed E-state index contributed by atoms with van der Waals surface area (Å²) in [6.45, 7) is 5.55. The molecular weight excluding hydrogens is 242 g/mol. The van der Waals surface area contributed by atoms with E-state index in [2.05, 4.69) is 15.8 Å². The summed E-state index contributed by atoms with van der Waals surface area (Å²) in [4.78, 5) is 11.5. The number of anilines is 3. The van der Waals surface area contributed by atoms with Crippen molar-refractivity contribution in [3.05, 3.63) is 36.1 Å². The average Bonchev–Trinajstić information content (AvgIpc) is 2.77. The summed E-state index contributed by atoms with van der Waals surface area (Å²) < 4.78 is 4.97. The Hall–Kier alpha value is -2.30. The van der Waals surface area contributed by atoms with Crippen molar-refractivity contribution in [1.82, 2.24) is 5.16 Å². The molecule has 0 aliphatic rings. The quantitative estimate of drug-likeness (QED) is 0.883. The third-order valence-electron chi connectivity index (χ3n) is 2.58. The number of hydrogen-bond acceptors (Lipinski definition) is 4. The Balaban J connectivity index is 2.00. The minimum Gasteiger partial charge on any atom is -0.360 e. The molecule has 0 aliphatic carbocycles. The summed E-state index contributed by atoms with van der Waals surface area (Å²) in [5, 5.41) is 9.80. The third kappa shape index (κ3) is 3.58. The third-order valence-corrected chi connectivity index (χ3v) is 2.58.